The minimum atomic E-state index is -1.06. The summed E-state index contributed by atoms with van der Waals surface area (Å²) in [7, 11) is 0. The molecule has 1 amide bonds. The first kappa shape index (κ1) is 14.9. The van der Waals surface area contributed by atoms with Crippen LogP contribution in [-0.4, -0.2) is 34.6 Å². The van der Waals surface area contributed by atoms with Crippen molar-refractivity contribution < 1.29 is 19.7 Å². The number of rotatable bonds is 4. The lowest BCUT2D eigenvalue weighted by Crippen LogP contribution is -2.38. The maximum absolute atomic E-state index is 11.3. The second-order valence-corrected chi connectivity index (χ2v) is 5.73. The molecule has 3 N–H and O–H groups in total. The molecule has 102 valence electrons. The summed E-state index contributed by atoms with van der Waals surface area (Å²) in [6.07, 6.45) is -2.68. The van der Waals surface area contributed by atoms with Gasteiger partial charge in [-0.2, -0.15) is 11.3 Å². The number of ether oxygens (including phenoxy) is 1. The average molecular weight is 273 g/mol. The van der Waals surface area contributed by atoms with Gasteiger partial charge in [-0.05, 0) is 43.2 Å². The first-order valence-corrected chi connectivity index (χ1v) is 6.59. The second-order valence-electron chi connectivity index (χ2n) is 4.95. The number of alkyl carbamates (subject to hydrolysis) is 1. The van der Waals surface area contributed by atoms with Gasteiger partial charge in [0, 0.05) is 6.54 Å². The second kappa shape index (κ2) is 6.17. The van der Waals surface area contributed by atoms with Gasteiger partial charge in [-0.15, -0.1) is 0 Å². The number of thiophene rings is 1. The molecule has 2 atom stereocenters. The summed E-state index contributed by atoms with van der Waals surface area (Å²) in [6, 6.07) is 1.73. The number of aliphatic hydroxyl groups excluding tert-OH is 2. The maximum atomic E-state index is 11.3. The molecule has 0 aliphatic heterocycles. The lowest BCUT2D eigenvalue weighted by molar-refractivity contribution is 0.0131. The van der Waals surface area contributed by atoms with Gasteiger partial charge in [0.1, 0.15) is 17.8 Å². The van der Waals surface area contributed by atoms with Crippen LogP contribution in [0.4, 0.5) is 4.79 Å². The van der Waals surface area contributed by atoms with Crippen molar-refractivity contribution in [2.75, 3.05) is 6.54 Å². The summed E-state index contributed by atoms with van der Waals surface area (Å²) in [5.74, 6) is 0. The van der Waals surface area contributed by atoms with Gasteiger partial charge in [-0.25, -0.2) is 4.79 Å². The molecule has 0 bridgehead atoms. The van der Waals surface area contributed by atoms with E-state index < -0.39 is 23.9 Å². The van der Waals surface area contributed by atoms with Crippen LogP contribution in [0.25, 0.3) is 0 Å². The molecule has 0 radical (unpaired) electrons. The molecule has 0 saturated heterocycles. The van der Waals surface area contributed by atoms with Crippen LogP contribution in [0.2, 0.25) is 0 Å². The van der Waals surface area contributed by atoms with Crippen molar-refractivity contribution in [1.82, 2.24) is 5.32 Å². The highest BCUT2D eigenvalue weighted by atomic mass is 32.1. The van der Waals surface area contributed by atoms with Crippen molar-refractivity contribution in [3.8, 4) is 0 Å². The molecule has 0 aliphatic carbocycles. The summed E-state index contributed by atoms with van der Waals surface area (Å²) >= 11 is 1.43. The summed E-state index contributed by atoms with van der Waals surface area (Å²) in [6.45, 7) is 5.20. The van der Waals surface area contributed by atoms with E-state index in [0.29, 0.717) is 5.56 Å². The molecule has 0 aromatic carbocycles. The van der Waals surface area contributed by atoms with Crippen LogP contribution in [0.5, 0.6) is 0 Å². The van der Waals surface area contributed by atoms with Gasteiger partial charge in [-0.3, -0.25) is 0 Å². The Hall–Kier alpha value is -1.11. The van der Waals surface area contributed by atoms with E-state index in [1.165, 1.54) is 11.3 Å². The number of nitrogens with one attached hydrogen (secondary N) is 1. The Labute approximate surface area is 110 Å². The predicted octanol–water partition coefficient (Wildman–Crippen LogP) is 1.67. The molecular formula is C12H19NO4S. The number of hydrogen-bond donors (Lipinski definition) is 3. The summed E-state index contributed by atoms with van der Waals surface area (Å²) in [4.78, 5) is 11.3. The third-order valence-corrected chi connectivity index (χ3v) is 2.81. The highest BCUT2D eigenvalue weighted by Gasteiger charge is 2.21. The Morgan fingerprint density at radius 1 is 1.50 bits per heavy atom. The first-order chi connectivity index (χ1) is 8.29. The monoisotopic (exact) mass is 273 g/mol. The van der Waals surface area contributed by atoms with Crippen LogP contribution in [0, 0.1) is 0 Å². The van der Waals surface area contributed by atoms with Crippen molar-refractivity contribution in [3.05, 3.63) is 22.4 Å². The van der Waals surface area contributed by atoms with E-state index in [0.717, 1.165) is 0 Å². The molecule has 1 heterocycles. The van der Waals surface area contributed by atoms with Gasteiger partial charge in [0.2, 0.25) is 0 Å². The van der Waals surface area contributed by atoms with Crippen LogP contribution in [0.3, 0.4) is 0 Å². The van der Waals surface area contributed by atoms with Crippen molar-refractivity contribution in [2.45, 2.75) is 38.6 Å². The molecular weight excluding hydrogens is 254 g/mol. The van der Waals surface area contributed by atoms with Crippen molar-refractivity contribution in [1.29, 1.82) is 0 Å². The molecule has 5 nitrogen and oxygen atoms in total. The smallest absolute Gasteiger partial charge is 0.407 e. The Morgan fingerprint density at radius 2 is 2.17 bits per heavy atom. The number of amides is 1. The third-order valence-electron chi connectivity index (χ3n) is 2.10. The first-order valence-electron chi connectivity index (χ1n) is 5.64. The van der Waals surface area contributed by atoms with E-state index in [-0.39, 0.29) is 6.54 Å². The number of hydrogen-bond acceptors (Lipinski definition) is 5. The van der Waals surface area contributed by atoms with E-state index in [1.807, 2.05) is 5.38 Å². The molecule has 2 unspecified atom stereocenters. The molecule has 0 spiro atoms. The van der Waals surface area contributed by atoms with Gasteiger partial charge in [-0.1, -0.05) is 0 Å². The van der Waals surface area contributed by atoms with E-state index in [9.17, 15) is 15.0 Å². The molecule has 6 heteroatoms. The normalized spacial score (nSPS) is 14.9. The van der Waals surface area contributed by atoms with E-state index in [1.54, 1.807) is 32.2 Å². The van der Waals surface area contributed by atoms with Gasteiger partial charge in [0.15, 0.2) is 0 Å². The van der Waals surface area contributed by atoms with Crippen LogP contribution >= 0.6 is 11.3 Å². The van der Waals surface area contributed by atoms with Crippen molar-refractivity contribution >= 4 is 17.4 Å². The zero-order valence-corrected chi connectivity index (χ0v) is 11.5. The summed E-state index contributed by atoms with van der Waals surface area (Å²) in [5, 5.41) is 25.5. The quantitative estimate of drug-likeness (QED) is 0.779. The van der Waals surface area contributed by atoms with Crippen LogP contribution in [0.1, 0.15) is 32.4 Å². The highest BCUT2D eigenvalue weighted by molar-refractivity contribution is 7.07. The fourth-order valence-corrected chi connectivity index (χ4v) is 1.97. The summed E-state index contributed by atoms with van der Waals surface area (Å²) in [5.41, 5.74) is 0.0552. The number of carbonyl (C=O) groups excluding carboxylic acids is 1. The van der Waals surface area contributed by atoms with Crippen LogP contribution in [0.15, 0.2) is 16.8 Å². The minimum Gasteiger partial charge on any atom is -0.444 e. The van der Waals surface area contributed by atoms with E-state index >= 15 is 0 Å². The van der Waals surface area contributed by atoms with E-state index in [2.05, 4.69) is 5.32 Å². The lowest BCUT2D eigenvalue weighted by atomic mass is 10.1. The average Bonchev–Trinajstić information content (AvgIpc) is 2.75. The maximum Gasteiger partial charge on any atom is 0.407 e. The Balaban J connectivity index is 2.37. The Kier molecular flexibility index (Phi) is 5.13. The summed E-state index contributed by atoms with van der Waals surface area (Å²) < 4.78 is 5.02. The van der Waals surface area contributed by atoms with Gasteiger partial charge in [0.25, 0.3) is 0 Å². The van der Waals surface area contributed by atoms with Gasteiger partial charge >= 0.3 is 6.09 Å². The largest absolute Gasteiger partial charge is 0.444 e. The Morgan fingerprint density at radius 3 is 2.67 bits per heavy atom. The zero-order chi connectivity index (χ0) is 13.8. The van der Waals surface area contributed by atoms with E-state index in [4.69, 9.17) is 4.74 Å². The van der Waals surface area contributed by atoms with Crippen LogP contribution < -0.4 is 5.32 Å². The molecule has 1 aromatic rings. The third kappa shape index (κ3) is 5.03. The minimum absolute atomic E-state index is 0.0636. The fraction of sp³-hybridized carbons (Fsp3) is 0.583. The zero-order valence-electron chi connectivity index (χ0n) is 10.7. The molecule has 1 aromatic heterocycles. The van der Waals surface area contributed by atoms with Crippen molar-refractivity contribution in [2.24, 2.45) is 0 Å². The standard InChI is InChI=1S/C12H19NO4S/c1-12(2,3)17-11(16)13-6-9(14)10(15)8-4-5-18-7-8/h4-5,7,9-10,14-15H,6H2,1-3H3,(H,13,16). The highest BCUT2D eigenvalue weighted by Crippen LogP contribution is 2.19. The van der Waals surface area contributed by atoms with Gasteiger partial charge in [0.05, 0.1) is 0 Å². The molecule has 0 fully saturated rings. The number of carbonyl (C=O) groups is 1. The topological polar surface area (TPSA) is 78.8 Å². The SMILES string of the molecule is CC(C)(C)OC(=O)NCC(O)C(O)c1ccsc1. The Bertz CT molecular complexity index is 372. The molecule has 0 aliphatic rings. The lowest BCUT2D eigenvalue weighted by Gasteiger charge is -2.21. The van der Waals surface area contributed by atoms with Crippen molar-refractivity contribution in [3.63, 3.8) is 0 Å². The molecule has 1 rings (SSSR count). The number of aliphatic hydroxyl groups is 2. The van der Waals surface area contributed by atoms with Gasteiger partial charge < -0.3 is 20.3 Å². The predicted molar refractivity (Wildman–Crippen MR) is 69.5 cm³/mol. The molecule has 0 saturated carbocycles. The fourth-order valence-electron chi connectivity index (χ4n) is 1.28. The van der Waals surface area contributed by atoms with Crippen LogP contribution in [-0.2, 0) is 4.74 Å². The molecule has 18 heavy (non-hydrogen) atoms.